The highest BCUT2D eigenvalue weighted by molar-refractivity contribution is 6.07. The van der Waals surface area contributed by atoms with Crippen LogP contribution in [0.4, 0.5) is 0 Å². The van der Waals surface area contributed by atoms with Crippen LogP contribution in [0.5, 0.6) is 5.75 Å². The van der Waals surface area contributed by atoms with E-state index < -0.39 is 6.04 Å². The van der Waals surface area contributed by atoms with E-state index in [1.54, 1.807) is 30.0 Å². The number of carbonyl (C=O) groups is 2. The number of nitrogens with zero attached hydrogens (tertiary/aromatic N) is 1. The third-order valence-electron chi connectivity index (χ3n) is 4.00. The van der Waals surface area contributed by atoms with Crippen molar-refractivity contribution in [2.24, 2.45) is 0 Å². The maximum Gasteiger partial charge on any atom is 0.271 e. The fourth-order valence-corrected chi connectivity index (χ4v) is 2.59. The molecule has 0 radical (unpaired) electrons. The molecule has 0 spiro atoms. The molecule has 2 N–H and O–H groups in total. The number of rotatable bonds is 3. The van der Waals surface area contributed by atoms with Crippen molar-refractivity contribution in [3.05, 3.63) is 71.4 Å². The van der Waals surface area contributed by atoms with E-state index in [-0.39, 0.29) is 23.3 Å². The quantitative estimate of drug-likeness (QED) is 0.852. The number of carbonyl (C=O) groups excluding carboxylic acids is 2. The van der Waals surface area contributed by atoms with E-state index in [1.807, 2.05) is 30.3 Å². The van der Waals surface area contributed by atoms with Crippen LogP contribution in [-0.4, -0.2) is 27.9 Å². The lowest BCUT2D eigenvalue weighted by molar-refractivity contribution is -0.142. The van der Waals surface area contributed by atoms with Gasteiger partial charge in [0.15, 0.2) is 0 Å². The van der Waals surface area contributed by atoms with Gasteiger partial charge in [-0.3, -0.25) is 9.59 Å². The van der Waals surface area contributed by atoms with Crippen molar-refractivity contribution < 1.29 is 14.7 Å². The predicted octanol–water partition coefficient (Wildman–Crippen LogP) is 2.28. The summed E-state index contributed by atoms with van der Waals surface area (Å²) in [6, 6.07) is 15.5. The van der Waals surface area contributed by atoms with Crippen LogP contribution < -0.4 is 5.32 Å². The molecule has 1 atom stereocenters. The van der Waals surface area contributed by atoms with Crippen LogP contribution in [0.3, 0.4) is 0 Å². The maximum atomic E-state index is 12.8. The first-order valence-corrected chi connectivity index (χ1v) is 7.71. The maximum absolute atomic E-state index is 12.8. The van der Waals surface area contributed by atoms with Gasteiger partial charge in [0.2, 0.25) is 5.91 Å². The van der Waals surface area contributed by atoms with Gasteiger partial charge in [0.1, 0.15) is 17.5 Å². The molecule has 2 aromatic carbocycles. The molecule has 0 unspecified atom stereocenters. The van der Waals surface area contributed by atoms with E-state index in [1.165, 1.54) is 12.1 Å². The summed E-state index contributed by atoms with van der Waals surface area (Å²) in [6.07, 6.45) is 1.61. The highest BCUT2D eigenvalue weighted by Gasteiger charge is 2.34. The van der Waals surface area contributed by atoms with Gasteiger partial charge in [-0.1, -0.05) is 42.5 Å². The molecule has 2 amide bonds. The fourth-order valence-electron chi connectivity index (χ4n) is 2.59. The Labute approximate surface area is 140 Å². The molecule has 122 valence electrons. The molecule has 1 heterocycles. The third-order valence-corrected chi connectivity index (χ3v) is 4.00. The fraction of sp³-hybridized carbons (Fsp3) is 0.158. The van der Waals surface area contributed by atoms with Crippen LogP contribution in [-0.2, 0) is 16.1 Å². The molecule has 1 aliphatic heterocycles. The minimum absolute atomic E-state index is 0.149. The highest BCUT2D eigenvalue weighted by atomic mass is 16.3. The number of phenolic OH excluding ortho intramolecular Hbond substituents is 1. The number of phenols is 1. The molecular formula is C19H18N2O3. The summed E-state index contributed by atoms with van der Waals surface area (Å²) >= 11 is 0. The molecule has 0 aromatic heterocycles. The van der Waals surface area contributed by atoms with Gasteiger partial charge in [-0.15, -0.1) is 0 Å². The van der Waals surface area contributed by atoms with Crippen LogP contribution >= 0.6 is 0 Å². The summed E-state index contributed by atoms with van der Waals surface area (Å²) in [5.74, 6) is -0.287. The molecule has 0 aliphatic carbocycles. The molecule has 0 bridgehead atoms. The van der Waals surface area contributed by atoms with Crippen molar-refractivity contribution in [1.29, 1.82) is 0 Å². The van der Waals surface area contributed by atoms with E-state index in [9.17, 15) is 14.7 Å². The van der Waals surface area contributed by atoms with E-state index >= 15 is 0 Å². The molecule has 24 heavy (non-hydrogen) atoms. The number of piperazine rings is 1. The van der Waals surface area contributed by atoms with Gasteiger partial charge >= 0.3 is 0 Å². The third kappa shape index (κ3) is 3.30. The van der Waals surface area contributed by atoms with Crippen molar-refractivity contribution in [2.75, 3.05) is 0 Å². The zero-order chi connectivity index (χ0) is 17.1. The Kier molecular flexibility index (Phi) is 4.33. The molecular weight excluding hydrogens is 304 g/mol. The van der Waals surface area contributed by atoms with Crippen molar-refractivity contribution in [3.8, 4) is 5.75 Å². The lowest BCUT2D eigenvalue weighted by Crippen LogP contribution is -2.55. The Morgan fingerprint density at radius 1 is 1.08 bits per heavy atom. The first-order chi connectivity index (χ1) is 11.5. The number of hydrogen-bond donors (Lipinski definition) is 2. The summed E-state index contributed by atoms with van der Waals surface area (Å²) in [5, 5.41) is 12.0. The smallest absolute Gasteiger partial charge is 0.271 e. The number of hydrogen-bond acceptors (Lipinski definition) is 3. The second kappa shape index (κ2) is 6.58. The van der Waals surface area contributed by atoms with Crippen molar-refractivity contribution >= 4 is 17.9 Å². The molecule has 1 fully saturated rings. The van der Waals surface area contributed by atoms with E-state index in [0.717, 1.165) is 11.1 Å². The zero-order valence-corrected chi connectivity index (χ0v) is 13.3. The van der Waals surface area contributed by atoms with E-state index in [0.29, 0.717) is 6.54 Å². The van der Waals surface area contributed by atoms with Crippen LogP contribution in [0.2, 0.25) is 0 Å². The van der Waals surface area contributed by atoms with Gasteiger partial charge in [-0.25, -0.2) is 0 Å². The summed E-state index contributed by atoms with van der Waals surface area (Å²) in [4.78, 5) is 26.5. The molecule has 0 saturated carbocycles. The van der Waals surface area contributed by atoms with Gasteiger partial charge in [0, 0.05) is 6.54 Å². The van der Waals surface area contributed by atoms with Crippen molar-refractivity contribution in [3.63, 3.8) is 0 Å². The number of nitrogens with one attached hydrogen (secondary N) is 1. The normalized spacial score (nSPS) is 19.5. The molecule has 2 aromatic rings. The Morgan fingerprint density at radius 3 is 2.42 bits per heavy atom. The second-order valence-corrected chi connectivity index (χ2v) is 5.73. The molecule has 1 aliphatic rings. The molecule has 5 nitrogen and oxygen atoms in total. The predicted molar refractivity (Wildman–Crippen MR) is 90.7 cm³/mol. The summed E-state index contributed by atoms with van der Waals surface area (Å²) in [5.41, 5.74) is 1.93. The number of aromatic hydroxyl groups is 1. The topological polar surface area (TPSA) is 69.6 Å². The minimum Gasteiger partial charge on any atom is -0.508 e. The van der Waals surface area contributed by atoms with Crippen molar-refractivity contribution in [1.82, 2.24) is 10.2 Å². The first kappa shape index (κ1) is 15.8. The Hall–Kier alpha value is -3.08. The Bertz CT molecular complexity index is 782. The van der Waals surface area contributed by atoms with E-state index in [4.69, 9.17) is 0 Å². The van der Waals surface area contributed by atoms with Crippen LogP contribution in [0.1, 0.15) is 18.1 Å². The standard InChI is InChI=1S/C19H18N2O3/c1-13-18(23)20-17(11-14-7-9-16(22)10-8-14)19(24)21(13)12-15-5-3-2-4-6-15/h2-11,13,22H,12H2,1H3,(H,20,23)/b17-11-/t13-/m0/s1. The molecule has 3 rings (SSSR count). The average Bonchev–Trinajstić information content (AvgIpc) is 2.59. The average molecular weight is 322 g/mol. The monoisotopic (exact) mass is 322 g/mol. The molecule has 1 saturated heterocycles. The lowest BCUT2D eigenvalue weighted by Gasteiger charge is -2.34. The van der Waals surface area contributed by atoms with Gasteiger partial charge in [0.25, 0.3) is 5.91 Å². The summed E-state index contributed by atoms with van der Waals surface area (Å²) in [6.45, 7) is 2.09. The Morgan fingerprint density at radius 2 is 1.75 bits per heavy atom. The summed E-state index contributed by atoms with van der Waals surface area (Å²) in [7, 11) is 0. The van der Waals surface area contributed by atoms with Gasteiger partial charge in [0.05, 0.1) is 0 Å². The van der Waals surface area contributed by atoms with Crippen LogP contribution in [0.25, 0.3) is 6.08 Å². The lowest BCUT2D eigenvalue weighted by atomic mass is 10.1. The Balaban J connectivity index is 1.88. The molecule has 5 heteroatoms. The van der Waals surface area contributed by atoms with Crippen molar-refractivity contribution in [2.45, 2.75) is 19.5 Å². The first-order valence-electron chi connectivity index (χ1n) is 7.71. The summed E-state index contributed by atoms with van der Waals surface area (Å²) < 4.78 is 0. The largest absolute Gasteiger partial charge is 0.508 e. The van der Waals surface area contributed by atoms with Gasteiger partial charge < -0.3 is 15.3 Å². The van der Waals surface area contributed by atoms with Gasteiger partial charge in [-0.2, -0.15) is 0 Å². The van der Waals surface area contributed by atoms with Crippen LogP contribution in [0.15, 0.2) is 60.3 Å². The minimum atomic E-state index is -0.533. The number of benzene rings is 2. The van der Waals surface area contributed by atoms with E-state index in [2.05, 4.69) is 5.32 Å². The number of amides is 2. The van der Waals surface area contributed by atoms with Crippen LogP contribution in [0, 0.1) is 0 Å². The van der Waals surface area contributed by atoms with Gasteiger partial charge in [-0.05, 0) is 36.3 Å². The SMILES string of the molecule is C[C@H]1C(=O)N/C(=C\c2ccc(O)cc2)C(=O)N1Cc1ccccc1. The highest BCUT2D eigenvalue weighted by Crippen LogP contribution is 2.19. The second-order valence-electron chi connectivity index (χ2n) is 5.73. The zero-order valence-electron chi connectivity index (χ0n) is 13.3.